The number of rotatable bonds is 9. The molecule has 0 aromatic carbocycles. The molecular weight excluding hydrogens is 401 g/mol. The zero-order valence-corrected chi connectivity index (χ0v) is 16.4. The highest BCUT2D eigenvalue weighted by Gasteiger charge is 2.56. The van der Waals surface area contributed by atoms with Crippen LogP contribution in [-0.4, -0.2) is 95.5 Å². The quantitative estimate of drug-likeness (QED) is 0.268. The average Bonchev–Trinajstić information content (AvgIpc) is 3.09. The van der Waals surface area contributed by atoms with Crippen molar-refractivity contribution >= 4 is 23.3 Å². The number of carboxylic acid groups (broad SMARTS) is 1. The Balaban J connectivity index is 2.24. The Morgan fingerprint density at radius 1 is 1.43 bits per heavy atom. The largest absolute Gasteiger partial charge is 0.480 e. The van der Waals surface area contributed by atoms with Crippen LogP contribution in [-0.2, 0) is 15.0 Å². The molecule has 1 unspecified atom stereocenters. The van der Waals surface area contributed by atoms with Gasteiger partial charge < -0.3 is 26.2 Å². The van der Waals surface area contributed by atoms with Gasteiger partial charge in [0, 0.05) is 32.1 Å². The van der Waals surface area contributed by atoms with Crippen LogP contribution in [0.3, 0.4) is 0 Å². The highest BCUT2D eigenvalue weighted by Crippen LogP contribution is 2.35. The van der Waals surface area contributed by atoms with Crippen LogP contribution in [0.4, 0.5) is 8.78 Å². The number of halogens is 2. The van der Waals surface area contributed by atoms with Gasteiger partial charge in [-0.2, -0.15) is 17.0 Å². The number of hydrogen-bond donors (Lipinski definition) is 5. The van der Waals surface area contributed by atoms with Gasteiger partial charge in [0.15, 0.2) is 0 Å². The van der Waals surface area contributed by atoms with E-state index in [1.807, 2.05) is 0 Å². The lowest BCUT2D eigenvalue weighted by molar-refractivity contribution is -0.144. The van der Waals surface area contributed by atoms with Gasteiger partial charge in [-0.05, 0) is 12.7 Å². The maximum atomic E-state index is 14.1. The molecular formula is C14H27BF2N4O6S. The molecule has 0 aliphatic carbocycles. The minimum atomic E-state index is -4.38. The fourth-order valence-electron chi connectivity index (χ4n) is 3.86. The fraction of sp³-hybridized carbons (Fsp3) is 0.929. The molecule has 0 spiro atoms. The van der Waals surface area contributed by atoms with Gasteiger partial charge in [-0.25, -0.2) is 8.78 Å². The van der Waals surface area contributed by atoms with Crippen molar-refractivity contribution in [2.45, 2.75) is 43.6 Å². The molecule has 0 radical (unpaired) electrons. The summed E-state index contributed by atoms with van der Waals surface area (Å²) in [6.07, 6.45) is 0.365. The lowest BCUT2D eigenvalue weighted by Gasteiger charge is -2.33. The molecule has 2 aliphatic heterocycles. The number of carboxylic acids is 1. The first-order chi connectivity index (χ1) is 12.9. The molecule has 6 N–H and O–H groups in total. The third-order valence-corrected chi connectivity index (χ3v) is 7.51. The van der Waals surface area contributed by atoms with E-state index in [2.05, 4.69) is 5.32 Å². The van der Waals surface area contributed by atoms with Gasteiger partial charge in [0.1, 0.15) is 11.6 Å². The second-order valence-electron chi connectivity index (χ2n) is 7.37. The van der Waals surface area contributed by atoms with Crippen molar-refractivity contribution in [1.82, 2.24) is 13.9 Å². The lowest BCUT2D eigenvalue weighted by Crippen LogP contribution is -2.57. The molecule has 2 saturated heterocycles. The van der Waals surface area contributed by atoms with Gasteiger partial charge in [0.05, 0.1) is 6.54 Å². The summed E-state index contributed by atoms with van der Waals surface area (Å²) in [5.74, 6) is -5.43. The average molecular weight is 428 g/mol. The minimum Gasteiger partial charge on any atom is -0.480 e. The molecule has 14 heteroatoms. The van der Waals surface area contributed by atoms with Crippen LogP contribution in [0.5, 0.6) is 0 Å². The van der Waals surface area contributed by atoms with Crippen LogP contribution in [0.2, 0.25) is 6.32 Å². The smallest absolute Gasteiger partial charge is 0.451 e. The second-order valence-corrected chi connectivity index (χ2v) is 9.25. The summed E-state index contributed by atoms with van der Waals surface area (Å²) in [6.45, 7) is -0.389. The number of carbonyl (C=O) groups is 1. The molecule has 2 fully saturated rings. The number of aliphatic carboxylic acids is 1. The Hall–Kier alpha value is -0.895. The first-order valence-corrected chi connectivity index (χ1v) is 10.5. The molecule has 0 saturated carbocycles. The number of nitrogens with two attached hydrogens (primary N) is 1. The summed E-state index contributed by atoms with van der Waals surface area (Å²) in [4.78, 5) is 11.7. The zero-order valence-electron chi connectivity index (χ0n) is 15.6. The Bertz CT molecular complexity index is 685. The van der Waals surface area contributed by atoms with E-state index in [1.54, 1.807) is 0 Å². The van der Waals surface area contributed by atoms with E-state index < -0.39 is 59.8 Å². The number of nitrogens with zero attached hydrogens (tertiary/aromatic N) is 2. The predicted molar refractivity (Wildman–Crippen MR) is 96.8 cm³/mol. The van der Waals surface area contributed by atoms with E-state index in [9.17, 15) is 27.1 Å². The van der Waals surface area contributed by atoms with Gasteiger partial charge in [0.25, 0.3) is 16.1 Å². The topological polar surface area (TPSA) is 156 Å². The minimum absolute atomic E-state index is 0.0139. The van der Waals surface area contributed by atoms with Gasteiger partial charge in [0.2, 0.25) is 0 Å². The summed E-state index contributed by atoms with van der Waals surface area (Å²) in [5.41, 5.74) is 4.10. The Morgan fingerprint density at radius 2 is 2.07 bits per heavy atom. The maximum absolute atomic E-state index is 14.1. The summed E-state index contributed by atoms with van der Waals surface area (Å²) in [7, 11) is -5.94. The van der Waals surface area contributed by atoms with E-state index in [-0.39, 0.29) is 38.8 Å². The van der Waals surface area contributed by atoms with Crippen molar-refractivity contribution in [2.75, 3.05) is 32.7 Å². The molecule has 162 valence electrons. The van der Waals surface area contributed by atoms with E-state index >= 15 is 0 Å². The molecule has 0 aromatic rings. The first-order valence-electron chi connectivity index (χ1n) is 9.10. The predicted octanol–water partition coefficient (Wildman–Crippen LogP) is -1.87. The van der Waals surface area contributed by atoms with Crippen LogP contribution in [0.25, 0.3) is 0 Å². The van der Waals surface area contributed by atoms with Crippen molar-refractivity contribution in [3.05, 3.63) is 0 Å². The Kier molecular flexibility index (Phi) is 7.06. The van der Waals surface area contributed by atoms with Crippen molar-refractivity contribution in [2.24, 2.45) is 11.7 Å². The molecule has 2 rings (SSSR count). The van der Waals surface area contributed by atoms with Crippen LogP contribution >= 0.6 is 0 Å². The third kappa shape index (κ3) is 4.47. The highest BCUT2D eigenvalue weighted by molar-refractivity contribution is 7.86. The van der Waals surface area contributed by atoms with Crippen molar-refractivity contribution in [3.8, 4) is 0 Å². The molecule has 10 nitrogen and oxygen atoms in total. The summed E-state index contributed by atoms with van der Waals surface area (Å²) < 4.78 is 55.8. The van der Waals surface area contributed by atoms with Gasteiger partial charge in [-0.15, -0.1) is 0 Å². The number of hydrogen-bond acceptors (Lipinski definition) is 7. The zero-order chi connectivity index (χ0) is 21.3. The normalized spacial score (nSPS) is 30.8. The van der Waals surface area contributed by atoms with Crippen LogP contribution in [0, 0.1) is 5.92 Å². The molecule has 28 heavy (non-hydrogen) atoms. The highest BCUT2D eigenvalue weighted by atomic mass is 32.2. The monoisotopic (exact) mass is 428 g/mol. The van der Waals surface area contributed by atoms with Gasteiger partial charge in [-0.3, -0.25) is 4.79 Å². The lowest BCUT2D eigenvalue weighted by atomic mass is 9.78. The summed E-state index contributed by atoms with van der Waals surface area (Å²) in [6, 6.07) is -1.57. The molecule has 0 amide bonds. The molecule has 2 heterocycles. The number of alkyl halides is 2. The summed E-state index contributed by atoms with van der Waals surface area (Å²) >= 11 is 0. The molecule has 3 atom stereocenters. The van der Waals surface area contributed by atoms with Crippen molar-refractivity contribution < 1.29 is 37.1 Å². The Labute approximate surface area is 163 Å². The molecule has 0 bridgehead atoms. The van der Waals surface area contributed by atoms with Gasteiger partial charge >= 0.3 is 13.1 Å². The summed E-state index contributed by atoms with van der Waals surface area (Å²) in [5, 5.41) is 29.9. The van der Waals surface area contributed by atoms with Gasteiger partial charge in [-0.1, -0.05) is 13.3 Å². The SMILES string of the molecule is CCN(C1CNCC1(F)F)S(=O)(=O)N1C[C@H](CCCB(O)O)[C@](N)(C(=O)O)C1. The third-order valence-electron chi connectivity index (χ3n) is 5.47. The van der Waals surface area contributed by atoms with Crippen molar-refractivity contribution in [3.63, 3.8) is 0 Å². The van der Waals surface area contributed by atoms with E-state index in [4.69, 9.17) is 15.8 Å². The van der Waals surface area contributed by atoms with Crippen LogP contribution < -0.4 is 11.1 Å². The fourth-order valence-corrected chi connectivity index (χ4v) is 5.77. The van der Waals surface area contributed by atoms with E-state index in [0.717, 1.165) is 4.31 Å². The number of likely N-dealkylation sites (N-methyl/N-ethyl adjacent to an activating group) is 1. The van der Waals surface area contributed by atoms with E-state index in [0.29, 0.717) is 4.31 Å². The molecule has 0 aromatic heterocycles. The number of nitrogens with one attached hydrogen (secondary N) is 1. The standard InChI is InChI=1S/C14H27BF2N4O6S/c1-2-21(11-6-19-8-14(11,16)17)28(26,27)20-7-10(4-3-5-15(24)25)13(18,9-20)12(22)23/h10-11,19,24-25H,2-9,18H2,1H3,(H,22,23)/t10-,11?,13-/m0/s1. The van der Waals surface area contributed by atoms with Crippen LogP contribution in [0.15, 0.2) is 0 Å². The van der Waals surface area contributed by atoms with Crippen molar-refractivity contribution in [1.29, 1.82) is 0 Å². The maximum Gasteiger partial charge on any atom is 0.451 e. The molecule has 2 aliphatic rings. The van der Waals surface area contributed by atoms with E-state index in [1.165, 1.54) is 6.92 Å². The second kappa shape index (κ2) is 8.46. The Morgan fingerprint density at radius 3 is 2.54 bits per heavy atom. The first kappa shape index (κ1) is 23.4. The van der Waals surface area contributed by atoms with Crippen LogP contribution in [0.1, 0.15) is 19.8 Å².